The van der Waals surface area contributed by atoms with Crippen molar-refractivity contribution < 1.29 is 9.59 Å². The minimum atomic E-state index is -0.666. The molecule has 3 aromatic rings. The number of aromatic nitrogens is 2. The van der Waals surface area contributed by atoms with Crippen molar-refractivity contribution in [2.75, 3.05) is 39.0 Å². The van der Waals surface area contributed by atoms with Gasteiger partial charge in [-0.15, -0.1) is 10.2 Å². The standard InChI is InChI=1S/C27H32N8O2S/c1-5-35(16-15-34(3)4)23(30-18(2)19-11-7-6-8-12-19)17-21(28)25(37)31-22-14-10-9-13-20(22)26-32-33-27(38-26)24(29)36/h6-14,17H,2,5,15-16,28H2,1,3-4H3,(H2,29,36)(H,31,37)/b21-17-,30-23?. The summed E-state index contributed by atoms with van der Waals surface area (Å²) in [6.45, 7) is 8.25. The Bertz CT molecular complexity index is 1350. The van der Waals surface area contributed by atoms with Crippen LogP contribution in [-0.4, -0.2) is 71.4 Å². The van der Waals surface area contributed by atoms with Gasteiger partial charge in [0.05, 0.1) is 11.4 Å². The molecule has 198 valence electrons. The molecule has 0 spiro atoms. The number of para-hydroxylation sites is 1. The van der Waals surface area contributed by atoms with E-state index in [-0.39, 0.29) is 10.7 Å². The average molecular weight is 533 g/mol. The van der Waals surface area contributed by atoms with Crippen LogP contribution in [0.25, 0.3) is 16.3 Å². The van der Waals surface area contributed by atoms with Crippen LogP contribution >= 0.6 is 11.3 Å². The van der Waals surface area contributed by atoms with E-state index < -0.39 is 11.8 Å². The van der Waals surface area contributed by atoms with Gasteiger partial charge in [0, 0.05) is 31.3 Å². The van der Waals surface area contributed by atoms with Crippen molar-refractivity contribution in [2.45, 2.75) is 6.92 Å². The van der Waals surface area contributed by atoms with Crippen LogP contribution in [0.4, 0.5) is 5.69 Å². The number of amides is 2. The highest BCUT2D eigenvalue weighted by molar-refractivity contribution is 7.16. The molecule has 0 unspecified atom stereocenters. The monoisotopic (exact) mass is 532 g/mol. The molecule has 2 amide bonds. The SMILES string of the molecule is C=C(N=C(/C=C(\N)C(=O)Nc1ccccc1-c1nnc(C(N)=O)s1)N(CC)CCN(C)C)c1ccccc1. The third-order valence-corrected chi connectivity index (χ3v) is 6.44. The summed E-state index contributed by atoms with van der Waals surface area (Å²) >= 11 is 1.04. The number of hydrogen-bond acceptors (Lipinski definition) is 8. The van der Waals surface area contributed by atoms with E-state index in [9.17, 15) is 9.59 Å². The van der Waals surface area contributed by atoms with Gasteiger partial charge in [0.2, 0.25) is 5.01 Å². The summed E-state index contributed by atoms with van der Waals surface area (Å²) in [7, 11) is 3.99. The minimum Gasteiger partial charge on any atom is -0.394 e. The molecule has 0 saturated carbocycles. The Hall–Kier alpha value is -4.35. The number of carbonyl (C=O) groups is 2. The molecule has 10 nitrogen and oxygen atoms in total. The van der Waals surface area contributed by atoms with Crippen LogP contribution in [0.15, 0.2) is 77.9 Å². The summed E-state index contributed by atoms with van der Waals surface area (Å²) in [5, 5.41) is 11.2. The zero-order valence-electron chi connectivity index (χ0n) is 21.7. The van der Waals surface area contributed by atoms with Crippen molar-refractivity contribution in [1.82, 2.24) is 20.0 Å². The maximum Gasteiger partial charge on any atom is 0.279 e. The van der Waals surface area contributed by atoms with Crippen molar-refractivity contribution in [3.63, 3.8) is 0 Å². The summed E-state index contributed by atoms with van der Waals surface area (Å²) in [5.74, 6) is -0.653. The van der Waals surface area contributed by atoms with Gasteiger partial charge in [0.25, 0.3) is 11.8 Å². The highest BCUT2D eigenvalue weighted by atomic mass is 32.1. The van der Waals surface area contributed by atoms with Gasteiger partial charge in [0.1, 0.15) is 16.5 Å². The predicted molar refractivity (Wildman–Crippen MR) is 153 cm³/mol. The van der Waals surface area contributed by atoms with Crippen LogP contribution in [0.1, 0.15) is 22.3 Å². The molecule has 0 aliphatic heterocycles. The van der Waals surface area contributed by atoms with Gasteiger partial charge in [-0.2, -0.15) is 0 Å². The van der Waals surface area contributed by atoms with Crippen LogP contribution in [0.3, 0.4) is 0 Å². The van der Waals surface area contributed by atoms with Crippen LogP contribution in [0.2, 0.25) is 0 Å². The second-order valence-electron chi connectivity index (χ2n) is 8.54. The highest BCUT2D eigenvalue weighted by Gasteiger charge is 2.17. The summed E-state index contributed by atoms with van der Waals surface area (Å²) < 4.78 is 0. The van der Waals surface area contributed by atoms with Crippen LogP contribution in [0, 0.1) is 0 Å². The molecule has 11 heteroatoms. The molecule has 2 aromatic carbocycles. The second kappa shape index (κ2) is 13.3. The van der Waals surface area contributed by atoms with E-state index >= 15 is 0 Å². The van der Waals surface area contributed by atoms with Crippen LogP contribution in [0.5, 0.6) is 0 Å². The zero-order chi connectivity index (χ0) is 27.7. The smallest absolute Gasteiger partial charge is 0.279 e. The van der Waals surface area contributed by atoms with Crippen LogP contribution < -0.4 is 16.8 Å². The lowest BCUT2D eigenvalue weighted by Gasteiger charge is -2.25. The molecule has 38 heavy (non-hydrogen) atoms. The number of nitrogens with zero attached hydrogens (tertiary/aromatic N) is 5. The van der Waals surface area contributed by atoms with Gasteiger partial charge >= 0.3 is 0 Å². The van der Waals surface area contributed by atoms with Crippen molar-refractivity contribution >= 4 is 40.4 Å². The third-order valence-electron chi connectivity index (χ3n) is 5.47. The molecule has 0 atom stereocenters. The predicted octanol–water partition coefficient (Wildman–Crippen LogP) is 3.04. The molecule has 0 bridgehead atoms. The Morgan fingerprint density at radius 2 is 1.74 bits per heavy atom. The number of likely N-dealkylation sites (N-methyl/N-ethyl adjacent to an activating group) is 2. The van der Waals surface area contributed by atoms with E-state index in [4.69, 9.17) is 16.5 Å². The third kappa shape index (κ3) is 7.58. The lowest BCUT2D eigenvalue weighted by molar-refractivity contribution is -0.112. The molecule has 1 aromatic heterocycles. The van der Waals surface area contributed by atoms with E-state index in [2.05, 4.69) is 27.0 Å². The molecule has 3 rings (SSSR count). The molecule has 0 fully saturated rings. The van der Waals surface area contributed by atoms with E-state index in [1.807, 2.05) is 56.3 Å². The first kappa shape index (κ1) is 28.2. The summed E-state index contributed by atoms with van der Waals surface area (Å²) in [4.78, 5) is 33.5. The minimum absolute atomic E-state index is 0.0298. The molecule has 0 aliphatic rings. The number of benzene rings is 2. The van der Waals surface area contributed by atoms with Gasteiger partial charge in [0.15, 0.2) is 0 Å². The van der Waals surface area contributed by atoms with Crippen molar-refractivity contribution in [3.05, 3.63) is 83.5 Å². The lowest BCUT2D eigenvalue weighted by Crippen LogP contribution is -2.36. The number of nitrogens with two attached hydrogens (primary N) is 2. The van der Waals surface area contributed by atoms with E-state index in [0.29, 0.717) is 40.9 Å². The van der Waals surface area contributed by atoms with Gasteiger partial charge in [-0.05, 0) is 38.7 Å². The molecule has 5 N–H and O–H groups in total. The Morgan fingerprint density at radius 3 is 2.37 bits per heavy atom. The molecular weight excluding hydrogens is 500 g/mol. The van der Waals surface area contributed by atoms with E-state index in [1.165, 1.54) is 0 Å². The molecule has 0 aliphatic carbocycles. The Morgan fingerprint density at radius 1 is 1.05 bits per heavy atom. The second-order valence-corrected chi connectivity index (χ2v) is 9.52. The topological polar surface area (TPSA) is 143 Å². The van der Waals surface area contributed by atoms with Gasteiger partial charge in [-0.1, -0.05) is 60.4 Å². The maximum absolute atomic E-state index is 13.2. The fraction of sp³-hybridized carbons (Fsp3) is 0.222. The first-order valence-electron chi connectivity index (χ1n) is 11.9. The normalized spacial score (nSPS) is 11.9. The number of carbonyl (C=O) groups excluding carboxylic acids is 2. The summed E-state index contributed by atoms with van der Waals surface area (Å²) in [6.07, 6.45) is 1.56. The molecule has 0 saturated heterocycles. The number of anilines is 1. The largest absolute Gasteiger partial charge is 0.394 e. The zero-order valence-corrected chi connectivity index (χ0v) is 22.5. The molecular formula is C27H32N8O2S. The highest BCUT2D eigenvalue weighted by Crippen LogP contribution is 2.30. The van der Waals surface area contributed by atoms with Gasteiger partial charge < -0.3 is 26.6 Å². The Kier molecular flexibility index (Phi) is 9.85. The average Bonchev–Trinajstić information content (AvgIpc) is 3.40. The quantitative estimate of drug-likeness (QED) is 0.196. The Labute approximate surface area is 226 Å². The molecule has 1 heterocycles. The van der Waals surface area contributed by atoms with E-state index in [1.54, 1.807) is 30.3 Å². The number of hydrogen-bond donors (Lipinski definition) is 3. The molecule has 0 radical (unpaired) electrons. The summed E-state index contributed by atoms with van der Waals surface area (Å²) in [5.41, 5.74) is 14.0. The summed E-state index contributed by atoms with van der Waals surface area (Å²) in [6, 6.07) is 16.6. The Balaban J connectivity index is 1.91. The van der Waals surface area contributed by atoms with Crippen molar-refractivity contribution in [1.29, 1.82) is 0 Å². The number of aliphatic imine (C=N–C) groups is 1. The maximum atomic E-state index is 13.2. The number of nitrogens with one attached hydrogen (secondary N) is 1. The fourth-order valence-electron chi connectivity index (χ4n) is 3.39. The van der Waals surface area contributed by atoms with Crippen molar-refractivity contribution in [3.8, 4) is 10.6 Å². The van der Waals surface area contributed by atoms with E-state index in [0.717, 1.165) is 23.4 Å². The first-order chi connectivity index (χ1) is 18.2. The van der Waals surface area contributed by atoms with Crippen LogP contribution in [-0.2, 0) is 4.79 Å². The number of amidine groups is 1. The number of primary amides is 1. The first-order valence-corrected chi connectivity index (χ1v) is 12.7. The van der Waals surface area contributed by atoms with Gasteiger partial charge in [-0.25, -0.2) is 4.99 Å². The number of rotatable bonds is 11. The van der Waals surface area contributed by atoms with Gasteiger partial charge in [-0.3, -0.25) is 9.59 Å². The fourth-order valence-corrected chi connectivity index (χ4v) is 4.13. The lowest BCUT2D eigenvalue weighted by atomic mass is 10.2. The van der Waals surface area contributed by atoms with Crippen molar-refractivity contribution in [2.24, 2.45) is 16.5 Å².